The van der Waals surface area contributed by atoms with E-state index in [0.717, 1.165) is 0 Å². The van der Waals surface area contributed by atoms with Crippen LogP contribution < -0.4 is 116 Å². The molecule has 0 spiro atoms. The van der Waals surface area contributed by atoms with Crippen molar-refractivity contribution in [1.29, 1.82) is 0 Å². The van der Waals surface area contributed by atoms with Crippen molar-refractivity contribution in [2.75, 3.05) is 19.6 Å². The topological polar surface area (TPSA) is 757 Å². The first kappa shape index (κ1) is 85.8. The number of nitrogens with one attached hydrogen (secondary N) is 11. The number of aromatic hydroxyl groups is 1. The normalized spacial score (nSPS) is 14.2. The summed E-state index contributed by atoms with van der Waals surface area (Å²) in [4.78, 5) is 247. The number of carbonyl (C=O) groups is 19. The fourth-order valence-electron chi connectivity index (χ4n) is 8.89. The molecule has 0 radical (unpaired) electrons. The highest BCUT2D eigenvalue weighted by Gasteiger charge is 2.38. The molecule has 42 heteroatoms. The minimum Gasteiger partial charge on any atom is -0.508 e. The summed E-state index contributed by atoms with van der Waals surface area (Å²) in [5, 5.41) is 43.4. The molecule has 0 aliphatic rings. The highest BCUT2D eigenvalue weighted by Crippen LogP contribution is 2.14. The number of nitrogens with two attached hydrogens (primary N) is 10. The molecule has 42 nitrogen and oxygen atoms in total. The van der Waals surface area contributed by atoms with Gasteiger partial charge in [0.05, 0.1) is 51.1 Å². The third-order valence-electron chi connectivity index (χ3n) is 14.2. The molecular weight excluding hydrogens is 1310 g/mol. The van der Waals surface area contributed by atoms with Gasteiger partial charge in [0, 0.05) is 12.8 Å². The lowest BCUT2D eigenvalue weighted by Gasteiger charge is -2.28. The maximum absolute atomic E-state index is 14.3. The van der Waals surface area contributed by atoms with Crippen molar-refractivity contribution in [2.45, 2.75) is 177 Å². The van der Waals surface area contributed by atoms with Crippen LogP contribution in [-0.2, 0) is 97.5 Å². The molecule has 1 rings (SSSR count). The van der Waals surface area contributed by atoms with Crippen molar-refractivity contribution < 1.29 is 101 Å². The Morgan fingerprint density at radius 3 is 0.970 bits per heavy atom. The maximum Gasteiger partial charge on any atom is 0.326 e. The third-order valence-corrected chi connectivity index (χ3v) is 14.2. The predicted octanol–water partition coefficient (Wildman–Crippen LogP) is -12.3. The third kappa shape index (κ3) is 34.4. The summed E-state index contributed by atoms with van der Waals surface area (Å²) >= 11 is 0. The number of aliphatic carboxylic acids is 1. The van der Waals surface area contributed by atoms with Gasteiger partial charge < -0.3 is 126 Å². The molecule has 0 aromatic heterocycles. The zero-order valence-corrected chi connectivity index (χ0v) is 54.4. The van der Waals surface area contributed by atoms with Crippen molar-refractivity contribution >= 4 is 112 Å². The zero-order valence-electron chi connectivity index (χ0n) is 54.4. The molecule has 550 valence electrons. The van der Waals surface area contributed by atoms with E-state index in [1.807, 2.05) is 16.0 Å². The molecule has 1 aromatic rings. The number of primary amides is 7. The Kier molecular flexibility index (Phi) is 38.0. The zero-order chi connectivity index (χ0) is 75.4. The van der Waals surface area contributed by atoms with E-state index in [9.17, 15) is 101 Å². The van der Waals surface area contributed by atoms with Crippen LogP contribution in [0.2, 0.25) is 0 Å². The highest BCUT2D eigenvalue weighted by atomic mass is 16.4. The van der Waals surface area contributed by atoms with Crippen LogP contribution in [0.4, 0.5) is 0 Å². The summed E-state index contributed by atoms with van der Waals surface area (Å²) in [6.07, 6.45) is -7.54. The van der Waals surface area contributed by atoms with Crippen LogP contribution in [0, 0.1) is 5.92 Å². The first-order valence-corrected chi connectivity index (χ1v) is 30.7. The van der Waals surface area contributed by atoms with Gasteiger partial charge >= 0.3 is 5.97 Å². The molecule has 0 saturated heterocycles. The van der Waals surface area contributed by atoms with Gasteiger partial charge in [-0.05, 0) is 81.6 Å². The van der Waals surface area contributed by atoms with E-state index in [4.69, 9.17) is 57.3 Å². The fourth-order valence-corrected chi connectivity index (χ4v) is 8.89. The van der Waals surface area contributed by atoms with Crippen molar-refractivity contribution in [3.63, 3.8) is 0 Å². The van der Waals surface area contributed by atoms with Gasteiger partial charge in [0.15, 0.2) is 0 Å². The molecule has 11 atom stereocenters. The maximum atomic E-state index is 14.3. The average Bonchev–Trinajstić information content (AvgIpc) is 0.866. The van der Waals surface area contributed by atoms with Crippen LogP contribution in [-0.4, -0.2) is 209 Å². The number of carboxylic acids is 1. The number of phenols is 1. The first-order valence-electron chi connectivity index (χ1n) is 30.7. The fraction of sp³-hybridized carbons (Fsp3) is 0.561. The predicted molar refractivity (Wildman–Crippen MR) is 342 cm³/mol. The Morgan fingerprint density at radius 2 is 0.657 bits per heavy atom. The van der Waals surface area contributed by atoms with Crippen molar-refractivity contribution in [3.05, 3.63) is 29.8 Å². The molecule has 33 N–H and O–H groups in total. The number of rotatable bonds is 49. The number of phenolic OH excluding ortho intramolecular Hbond substituents is 1. The van der Waals surface area contributed by atoms with Crippen molar-refractivity contribution in [2.24, 2.45) is 63.3 Å². The number of hydrogen-bond donors (Lipinski definition) is 23. The molecule has 0 fully saturated rings. The lowest BCUT2D eigenvalue weighted by molar-refractivity contribution is -0.144. The van der Waals surface area contributed by atoms with Crippen LogP contribution in [0.25, 0.3) is 0 Å². The molecule has 18 amide bonds. The minimum absolute atomic E-state index is 0.0592. The quantitative estimate of drug-likeness (QED) is 0.0269. The molecule has 0 aliphatic heterocycles. The monoisotopic (exact) mass is 1410 g/mol. The Bertz CT molecular complexity index is 3100. The highest BCUT2D eigenvalue weighted by molar-refractivity contribution is 6.02. The van der Waals surface area contributed by atoms with Gasteiger partial charge in [-0.15, -0.1) is 0 Å². The summed E-state index contributed by atoms with van der Waals surface area (Å²) in [7, 11) is 0. The SMILES string of the molecule is CC(C)[C@H](N)C(=O)N[C@@H](Cc1ccc(O)cc1)C(=O)NCC(=O)N[C@@H](CC(N)=O)C(=O)N[C@@H](CCCCN)C(=O)N[C@@H](CCCCN)C(=O)N[C@@H](CC(N)=O)C(=O)N[C@@H](CC(N)=O)C(=O)N[C@@H](CCC(N)=O)C(=O)N[C@@H](CC(N)=O)C(=O)N[C@@H](CC(N)=O)C(=O)N[C@@H](CC(N)=O)C(=O)O. The van der Waals surface area contributed by atoms with Crippen LogP contribution in [0.5, 0.6) is 5.75 Å². The Labute approximate surface area is 565 Å². The number of unbranched alkanes of at least 4 members (excludes halogenated alkanes) is 2. The number of amides is 18. The lowest BCUT2D eigenvalue weighted by atomic mass is 10.0. The van der Waals surface area contributed by atoms with E-state index in [1.54, 1.807) is 13.8 Å². The Balaban J connectivity index is 3.60. The van der Waals surface area contributed by atoms with Gasteiger partial charge in [0.25, 0.3) is 0 Å². The second-order valence-corrected chi connectivity index (χ2v) is 23.0. The molecule has 99 heavy (non-hydrogen) atoms. The molecule has 0 saturated carbocycles. The summed E-state index contributed by atoms with van der Waals surface area (Å²) in [5.41, 5.74) is 55.0. The van der Waals surface area contributed by atoms with E-state index >= 15 is 0 Å². The van der Waals surface area contributed by atoms with Gasteiger partial charge in [0.1, 0.15) is 66.2 Å². The minimum atomic E-state index is -2.16. The van der Waals surface area contributed by atoms with Crippen LogP contribution in [0.15, 0.2) is 24.3 Å². The molecular formula is C57H91N21O21. The van der Waals surface area contributed by atoms with Gasteiger partial charge in [0.2, 0.25) is 106 Å². The number of carbonyl (C=O) groups excluding carboxylic acids is 18. The Morgan fingerprint density at radius 1 is 0.364 bits per heavy atom. The summed E-state index contributed by atoms with van der Waals surface area (Å²) in [6.45, 7) is 2.64. The molecule has 0 unspecified atom stereocenters. The van der Waals surface area contributed by atoms with E-state index in [1.165, 1.54) is 24.3 Å². The van der Waals surface area contributed by atoms with E-state index in [0.29, 0.717) is 5.56 Å². The van der Waals surface area contributed by atoms with Crippen LogP contribution in [0.1, 0.15) is 109 Å². The first-order chi connectivity index (χ1) is 46.3. The molecule has 0 aliphatic carbocycles. The van der Waals surface area contributed by atoms with E-state index < -0.39 is 237 Å². The van der Waals surface area contributed by atoms with Crippen molar-refractivity contribution in [3.8, 4) is 5.75 Å². The van der Waals surface area contributed by atoms with E-state index in [-0.39, 0.29) is 69.7 Å². The van der Waals surface area contributed by atoms with Gasteiger partial charge in [-0.3, -0.25) is 86.3 Å². The second-order valence-electron chi connectivity index (χ2n) is 23.0. The lowest BCUT2D eigenvalue weighted by Crippen LogP contribution is -2.61. The molecule has 0 bridgehead atoms. The molecule has 1 aromatic carbocycles. The standard InChI is InChI=1S/C57H91N21O21/c1-25(2)46(67)56(97)77-31(17-26-9-11-27(79)12-10-26)47(88)68-24-45(87)69-32(18-39(61)81)51(92)71-28(7-3-5-15-58)48(89)70-29(8-4-6-16-59)49(90)73-34(20-41(63)83)53(94)75-33(19-40(62)82)52(93)72-30(13-14-38(60)80)50(91)74-35(21-42(64)84)54(95)76-36(22-43(65)85)55(96)78-37(57(98)99)23-44(66)86/h9-12,25,28-37,46,79H,3-8,13-24,58-59,67H2,1-2H3,(H2,60,80)(H2,61,81)(H2,62,82)(H2,63,83)(H2,64,84)(H2,65,85)(H2,66,86)(H,68,88)(H,69,87)(H,70,89)(H,71,92)(H,72,93)(H,73,90)(H,74,91)(H,75,94)(H,76,95)(H,77,97)(H,78,96)(H,98,99)/t28-,29-,30-,31-,32-,33-,34-,35-,36-,37-,46-/m0/s1. The van der Waals surface area contributed by atoms with Gasteiger partial charge in [-0.1, -0.05) is 26.0 Å². The average molecular weight is 1410 g/mol. The van der Waals surface area contributed by atoms with E-state index in [2.05, 4.69) is 42.5 Å². The number of hydrogen-bond acceptors (Lipinski definition) is 23. The van der Waals surface area contributed by atoms with Crippen molar-refractivity contribution in [1.82, 2.24) is 58.5 Å². The second kappa shape index (κ2) is 43.8. The summed E-state index contributed by atoms with van der Waals surface area (Å²) in [5.74, 6) is -24.2. The van der Waals surface area contributed by atoms with Gasteiger partial charge in [-0.2, -0.15) is 0 Å². The van der Waals surface area contributed by atoms with Gasteiger partial charge in [-0.25, -0.2) is 4.79 Å². The van der Waals surface area contributed by atoms with Crippen LogP contribution in [0.3, 0.4) is 0 Å². The molecule has 0 heterocycles. The largest absolute Gasteiger partial charge is 0.508 e. The smallest absolute Gasteiger partial charge is 0.326 e. The summed E-state index contributed by atoms with van der Waals surface area (Å²) < 4.78 is 0. The number of carboxylic acid groups (broad SMARTS) is 1. The van der Waals surface area contributed by atoms with Crippen LogP contribution >= 0.6 is 0 Å². The summed E-state index contributed by atoms with van der Waals surface area (Å²) in [6, 6.07) is -14.3. The number of benzene rings is 1. The Hall–Kier alpha value is -11.2.